The zero-order valence-corrected chi connectivity index (χ0v) is 2.53. The van der Waals surface area contributed by atoms with Crippen molar-refractivity contribution in [2.24, 2.45) is 0 Å². The molecule has 0 rings (SSSR count). The van der Waals surface area contributed by atoms with Crippen molar-refractivity contribution in [1.29, 1.82) is 0 Å². The fraction of sp³-hybridized carbons (Fsp3) is 0. The molecule has 0 aromatic carbocycles. The molecule has 30 valence electrons. The standard InChI is InChI=1S/K.Li.H2O3S.2H/c;;1-4(2)3;;/h;;(H2,1,2,3);;. The molecule has 3 nitrogen and oxygen atoms in total. The van der Waals surface area contributed by atoms with Crippen molar-refractivity contribution in [3.8, 4) is 0 Å². The molecule has 0 aromatic heterocycles. The van der Waals surface area contributed by atoms with Crippen LogP contribution in [0.25, 0.3) is 0 Å². The van der Waals surface area contributed by atoms with E-state index in [9.17, 15) is 0 Å². The average molecular weight is 130 g/mol. The second kappa shape index (κ2) is 10.3. The molecular formula is H4KLiO3S. The van der Waals surface area contributed by atoms with Crippen LogP contribution in [0.5, 0.6) is 0 Å². The third-order valence-corrected chi connectivity index (χ3v) is 0. The van der Waals surface area contributed by atoms with Gasteiger partial charge in [0.05, 0.1) is 0 Å². The van der Waals surface area contributed by atoms with Crippen molar-refractivity contribution in [2.75, 3.05) is 0 Å². The third-order valence-electron chi connectivity index (χ3n) is 0. The topological polar surface area (TPSA) is 57.5 Å². The molecule has 0 saturated heterocycles. The van der Waals surface area contributed by atoms with E-state index in [0.717, 1.165) is 0 Å². The van der Waals surface area contributed by atoms with Gasteiger partial charge in [0.25, 0.3) is 11.4 Å². The van der Waals surface area contributed by atoms with Crippen LogP contribution in [-0.4, -0.2) is 83.6 Å². The normalized spacial score (nSPS) is 5.83. The van der Waals surface area contributed by atoms with Gasteiger partial charge in [-0.3, -0.25) is 9.11 Å². The van der Waals surface area contributed by atoms with Gasteiger partial charge in [0, 0.05) is 0 Å². The van der Waals surface area contributed by atoms with Crippen LogP contribution >= 0.6 is 0 Å². The molecule has 2 N–H and O–H groups in total. The summed E-state index contributed by atoms with van der Waals surface area (Å²) in [5.74, 6) is 0. The number of hydrogen-bond acceptors (Lipinski definition) is 1. The Balaban J connectivity index is -0.0000000450. The second-order valence-corrected chi connectivity index (χ2v) is 0.692. The van der Waals surface area contributed by atoms with Crippen molar-refractivity contribution >= 4 is 81.6 Å². The van der Waals surface area contributed by atoms with Crippen LogP contribution in [0.2, 0.25) is 0 Å². The van der Waals surface area contributed by atoms with E-state index >= 15 is 0 Å². The molecule has 0 aromatic rings. The number of rotatable bonds is 0. The van der Waals surface area contributed by atoms with Crippen LogP contribution in [0.3, 0.4) is 0 Å². The molecule has 0 bridgehead atoms. The van der Waals surface area contributed by atoms with Crippen LogP contribution in [0, 0.1) is 0 Å². The molecule has 0 amide bonds. The van der Waals surface area contributed by atoms with E-state index in [1.165, 1.54) is 0 Å². The molecule has 0 aliphatic rings. The summed E-state index contributed by atoms with van der Waals surface area (Å²) in [5.41, 5.74) is 0. The van der Waals surface area contributed by atoms with E-state index < -0.39 is 11.4 Å². The first-order chi connectivity index (χ1) is 1.73. The van der Waals surface area contributed by atoms with Crippen LogP contribution in [-0.2, 0) is 11.4 Å². The van der Waals surface area contributed by atoms with Crippen LogP contribution < -0.4 is 0 Å². The summed E-state index contributed by atoms with van der Waals surface area (Å²) in [6.07, 6.45) is 0. The molecule has 0 unspecified atom stereocenters. The van der Waals surface area contributed by atoms with E-state index in [-0.39, 0.29) is 70.2 Å². The summed E-state index contributed by atoms with van der Waals surface area (Å²) >= 11 is -2.61. The van der Waals surface area contributed by atoms with Crippen molar-refractivity contribution in [3.63, 3.8) is 0 Å². The summed E-state index contributed by atoms with van der Waals surface area (Å²) in [4.78, 5) is 0. The molecule has 6 heteroatoms. The van der Waals surface area contributed by atoms with Gasteiger partial charge in [0.2, 0.25) is 0 Å². The maximum atomic E-state index is 8.67. The first-order valence-electron chi connectivity index (χ1n) is 0.532. The monoisotopic (exact) mass is 130 g/mol. The molecular weight excluding hydrogens is 126 g/mol. The number of hydrogen-bond donors (Lipinski definition) is 2. The second-order valence-electron chi connectivity index (χ2n) is 0.231. The zero-order valence-electron chi connectivity index (χ0n) is 1.71. The molecule has 0 saturated carbocycles. The van der Waals surface area contributed by atoms with Gasteiger partial charge < -0.3 is 0 Å². The molecule has 0 aliphatic carbocycles. The molecule has 0 radical (unpaired) electrons. The summed E-state index contributed by atoms with van der Waals surface area (Å²) in [6, 6.07) is 0. The van der Waals surface area contributed by atoms with Gasteiger partial charge in [-0.25, -0.2) is 0 Å². The summed E-state index contributed by atoms with van der Waals surface area (Å²) in [5, 5.41) is 0. The third kappa shape index (κ3) is 33.4. The first-order valence-corrected chi connectivity index (χ1v) is 1.60. The Bertz CT molecular complexity index is 33.8. The molecule has 6 heavy (non-hydrogen) atoms. The minimum absolute atomic E-state index is 0. The Hall–Kier alpha value is 2.30. The fourth-order valence-corrected chi connectivity index (χ4v) is 0. The van der Waals surface area contributed by atoms with Crippen molar-refractivity contribution in [2.45, 2.75) is 0 Å². The summed E-state index contributed by atoms with van der Waals surface area (Å²) in [6.45, 7) is 0. The van der Waals surface area contributed by atoms with Gasteiger partial charge >= 0.3 is 70.2 Å². The van der Waals surface area contributed by atoms with E-state index in [4.69, 9.17) is 13.3 Å². The predicted octanol–water partition coefficient (Wildman–Crippen LogP) is -1.62. The Morgan fingerprint density at radius 3 is 1.33 bits per heavy atom. The Labute approximate surface area is 93.0 Å². The maximum absolute atomic E-state index is 8.67. The van der Waals surface area contributed by atoms with Crippen molar-refractivity contribution in [3.05, 3.63) is 0 Å². The van der Waals surface area contributed by atoms with Gasteiger partial charge in [-0.05, 0) is 0 Å². The molecule has 0 fully saturated rings. The van der Waals surface area contributed by atoms with Crippen LogP contribution in [0.1, 0.15) is 0 Å². The molecule has 0 spiro atoms. The van der Waals surface area contributed by atoms with E-state index in [1.807, 2.05) is 0 Å². The first kappa shape index (κ1) is 15.7. The van der Waals surface area contributed by atoms with Gasteiger partial charge in [0.1, 0.15) is 0 Å². The molecule has 0 aliphatic heterocycles. The zero-order chi connectivity index (χ0) is 3.58. The quantitative estimate of drug-likeness (QED) is 0.306. The fourth-order valence-electron chi connectivity index (χ4n) is 0. The molecule has 0 atom stereocenters. The Morgan fingerprint density at radius 1 is 1.33 bits per heavy atom. The van der Waals surface area contributed by atoms with Gasteiger partial charge in [-0.2, -0.15) is 4.21 Å². The predicted molar refractivity (Wildman–Crippen MR) is 27.7 cm³/mol. The van der Waals surface area contributed by atoms with Gasteiger partial charge in [-0.15, -0.1) is 0 Å². The summed E-state index contributed by atoms with van der Waals surface area (Å²) < 4.78 is 22.8. The van der Waals surface area contributed by atoms with Crippen molar-refractivity contribution in [1.82, 2.24) is 0 Å². The van der Waals surface area contributed by atoms with E-state index in [2.05, 4.69) is 0 Å². The average Bonchev–Trinajstić information content (AvgIpc) is 0.811. The summed E-state index contributed by atoms with van der Waals surface area (Å²) in [7, 11) is 0. The Morgan fingerprint density at radius 2 is 1.33 bits per heavy atom. The molecule has 0 heterocycles. The van der Waals surface area contributed by atoms with Gasteiger partial charge in [-0.1, -0.05) is 0 Å². The van der Waals surface area contributed by atoms with E-state index in [0.29, 0.717) is 0 Å². The van der Waals surface area contributed by atoms with Crippen molar-refractivity contribution < 1.29 is 13.3 Å². The minimum atomic E-state index is -2.61. The SMILES string of the molecule is O=S(O)O.[KH].[LiH]. The van der Waals surface area contributed by atoms with Crippen LogP contribution in [0.15, 0.2) is 0 Å². The van der Waals surface area contributed by atoms with Gasteiger partial charge in [0.15, 0.2) is 0 Å². The van der Waals surface area contributed by atoms with E-state index in [1.54, 1.807) is 0 Å². The Kier molecular flexibility index (Phi) is 27.1. The van der Waals surface area contributed by atoms with Crippen LogP contribution in [0.4, 0.5) is 0 Å².